The number of aromatic nitrogens is 2. The van der Waals surface area contributed by atoms with Crippen molar-refractivity contribution in [2.75, 3.05) is 25.9 Å². The van der Waals surface area contributed by atoms with E-state index >= 15 is 0 Å². The van der Waals surface area contributed by atoms with Crippen LogP contribution in [0.15, 0.2) is 4.52 Å². The van der Waals surface area contributed by atoms with Gasteiger partial charge in [-0.1, -0.05) is 5.16 Å². The van der Waals surface area contributed by atoms with Crippen LogP contribution in [0, 0.1) is 12.8 Å². The molecule has 1 atom stereocenters. The lowest BCUT2D eigenvalue weighted by molar-refractivity contribution is -0.133. The molecule has 1 N–H and O–H groups in total. The number of aryl methyl sites for hydroxylation is 2. The van der Waals surface area contributed by atoms with Gasteiger partial charge < -0.3 is 9.42 Å². The number of carbonyl (C=O) groups excluding carboxylic acids is 1. The zero-order valence-corrected chi connectivity index (χ0v) is 14.4. The second-order valence-electron chi connectivity index (χ2n) is 6.06. The van der Waals surface area contributed by atoms with Crippen LogP contribution in [-0.2, 0) is 21.2 Å². The Bertz CT molecular complexity index is 628. The van der Waals surface area contributed by atoms with E-state index in [1.165, 1.54) is 0 Å². The topological polar surface area (TPSA) is 105 Å². The molecule has 1 aromatic heterocycles. The Morgan fingerprint density at radius 2 is 2.26 bits per heavy atom. The number of piperidine rings is 1. The summed E-state index contributed by atoms with van der Waals surface area (Å²) in [5.41, 5.74) is 0. The first-order chi connectivity index (χ1) is 10.8. The average molecular weight is 344 g/mol. The third-order valence-corrected chi connectivity index (χ3v) is 4.55. The van der Waals surface area contributed by atoms with E-state index in [4.69, 9.17) is 4.52 Å². The number of hydrogen-bond donors (Lipinski definition) is 1. The minimum Gasteiger partial charge on any atom is -0.342 e. The van der Waals surface area contributed by atoms with Crippen molar-refractivity contribution in [1.82, 2.24) is 19.8 Å². The van der Waals surface area contributed by atoms with Crippen LogP contribution >= 0.6 is 0 Å². The van der Waals surface area contributed by atoms with E-state index in [9.17, 15) is 13.2 Å². The molecule has 1 saturated heterocycles. The van der Waals surface area contributed by atoms with Crippen molar-refractivity contribution in [3.05, 3.63) is 11.7 Å². The lowest BCUT2D eigenvalue weighted by atomic mass is 9.98. The zero-order chi connectivity index (χ0) is 16.9. The molecule has 2 rings (SSSR count). The van der Waals surface area contributed by atoms with E-state index in [-0.39, 0.29) is 11.8 Å². The molecule has 0 saturated carbocycles. The Hall–Kier alpha value is -1.48. The summed E-state index contributed by atoms with van der Waals surface area (Å²) in [5.74, 6) is 1.44. The summed E-state index contributed by atoms with van der Waals surface area (Å²) in [6.45, 7) is 3.51. The van der Waals surface area contributed by atoms with Gasteiger partial charge in [0.05, 0.1) is 6.26 Å². The van der Waals surface area contributed by atoms with Crippen molar-refractivity contribution in [1.29, 1.82) is 0 Å². The third kappa shape index (κ3) is 6.26. The Balaban J connectivity index is 1.73. The van der Waals surface area contributed by atoms with Crippen molar-refractivity contribution in [3.8, 4) is 0 Å². The highest BCUT2D eigenvalue weighted by Gasteiger charge is 2.24. The molecule has 2 heterocycles. The maximum atomic E-state index is 12.3. The van der Waals surface area contributed by atoms with Crippen LogP contribution in [0.4, 0.5) is 0 Å². The number of rotatable bonds is 7. The van der Waals surface area contributed by atoms with Gasteiger partial charge in [0.15, 0.2) is 5.82 Å². The van der Waals surface area contributed by atoms with Gasteiger partial charge in [0, 0.05) is 32.5 Å². The second-order valence-corrected chi connectivity index (χ2v) is 7.89. The second kappa shape index (κ2) is 7.87. The molecule has 8 nitrogen and oxygen atoms in total. The van der Waals surface area contributed by atoms with Crippen molar-refractivity contribution in [2.24, 2.45) is 5.92 Å². The van der Waals surface area contributed by atoms with Gasteiger partial charge in [0.25, 0.3) is 0 Å². The van der Waals surface area contributed by atoms with Crippen LogP contribution < -0.4 is 4.72 Å². The largest absolute Gasteiger partial charge is 0.342 e. The predicted octanol–water partition coefficient (Wildman–Crippen LogP) is 0.489. The average Bonchev–Trinajstić information content (AvgIpc) is 2.90. The molecule has 0 spiro atoms. The number of hydrogen-bond acceptors (Lipinski definition) is 6. The lowest BCUT2D eigenvalue weighted by Gasteiger charge is -2.32. The highest BCUT2D eigenvalue weighted by Crippen LogP contribution is 2.17. The highest BCUT2D eigenvalue weighted by atomic mass is 32.2. The summed E-state index contributed by atoms with van der Waals surface area (Å²) in [5, 5.41) is 3.72. The van der Waals surface area contributed by atoms with Crippen molar-refractivity contribution >= 4 is 15.9 Å². The SMILES string of the molecule is Cc1noc(CCCC(=O)N2CCC[C@@H](CNS(C)(=O)=O)C2)n1. The van der Waals surface area contributed by atoms with Crippen molar-refractivity contribution in [2.45, 2.75) is 39.0 Å². The number of nitrogens with zero attached hydrogens (tertiary/aromatic N) is 3. The Kier molecular flexibility index (Phi) is 6.11. The van der Waals surface area contributed by atoms with Crippen LogP contribution in [0.25, 0.3) is 0 Å². The molecular weight excluding hydrogens is 320 g/mol. The Morgan fingerprint density at radius 1 is 1.48 bits per heavy atom. The van der Waals surface area contributed by atoms with Crippen LogP contribution in [0.2, 0.25) is 0 Å². The van der Waals surface area contributed by atoms with Gasteiger partial charge in [-0.15, -0.1) is 0 Å². The first kappa shape index (κ1) is 17.9. The zero-order valence-electron chi connectivity index (χ0n) is 13.6. The van der Waals surface area contributed by atoms with E-state index in [0.717, 1.165) is 25.6 Å². The minimum atomic E-state index is -3.18. The molecule has 0 bridgehead atoms. The van der Waals surface area contributed by atoms with Crippen LogP contribution in [0.3, 0.4) is 0 Å². The summed E-state index contributed by atoms with van der Waals surface area (Å²) >= 11 is 0. The van der Waals surface area contributed by atoms with Crippen molar-refractivity contribution in [3.63, 3.8) is 0 Å². The predicted molar refractivity (Wildman–Crippen MR) is 84.1 cm³/mol. The summed E-state index contributed by atoms with van der Waals surface area (Å²) in [4.78, 5) is 18.2. The van der Waals surface area contributed by atoms with E-state index in [1.807, 2.05) is 4.90 Å². The molecule has 0 radical (unpaired) electrons. The Morgan fingerprint density at radius 3 is 2.91 bits per heavy atom. The lowest BCUT2D eigenvalue weighted by Crippen LogP contribution is -2.43. The highest BCUT2D eigenvalue weighted by molar-refractivity contribution is 7.88. The van der Waals surface area contributed by atoms with Gasteiger partial charge in [-0.3, -0.25) is 4.79 Å². The Labute approximate surface area is 136 Å². The van der Waals surface area contributed by atoms with Gasteiger partial charge in [0.1, 0.15) is 0 Å². The van der Waals surface area contributed by atoms with Gasteiger partial charge in [-0.05, 0) is 32.1 Å². The molecule has 0 aliphatic carbocycles. The van der Waals surface area contributed by atoms with Gasteiger partial charge in [-0.2, -0.15) is 4.98 Å². The van der Waals surface area contributed by atoms with Crippen LogP contribution in [-0.4, -0.2) is 55.3 Å². The quantitative estimate of drug-likeness (QED) is 0.772. The monoisotopic (exact) mass is 344 g/mol. The standard InChI is InChI=1S/C14H24N4O4S/c1-11-16-13(22-17-11)6-3-7-14(19)18-8-4-5-12(10-18)9-15-23(2,20)21/h12,15H,3-10H2,1-2H3/t12-/m0/s1. The van der Waals surface area contributed by atoms with E-state index in [0.29, 0.717) is 44.1 Å². The molecule has 1 aliphatic rings. The molecule has 0 unspecified atom stereocenters. The maximum absolute atomic E-state index is 12.3. The number of amides is 1. The van der Waals surface area contributed by atoms with Gasteiger partial charge in [0.2, 0.25) is 21.8 Å². The molecule has 130 valence electrons. The number of likely N-dealkylation sites (tertiary alicyclic amines) is 1. The first-order valence-corrected chi connectivity index (χ1v) is 9.74. The normalized spacial score (nSPS) is 19.0. The molecule has 1 aliphatic heterocycles. The number of sulfonamides is 1. The minimum absolute atomic E-state index is 0.102. The summed E-state index contributed by atoms with van der Waals surface area (Å²) in [6.07, 6.45) is 4.70. The smallest absolute Gasteiger partial charge is 0.226 e. The first-order valence-electron chi connectivity index (χ1n) is 7.85. The molecule has 1 amide bonds. The molecule has 23 heavy (non-hydrogen) atoms. The van der Waals surface area contributed by atoms with Gasteiger partial charge >= 0.3 is 0 Å². The molecule has 1 fully saturated rings. The number of carbonyl (C=O) groups is 1. The maximum Gasteiger partial charge on any atom is 0.226 e. The molecule has 0 aromatic carbocycles. The number of nitrogens with one attached hydrogen (secondary N) is 1. The van der Waals surface area contributed by atoms with E-state index < -0.39 is 10.0 Å². The van der Waals surface area contributed by atoms with E-state index in [2.05, 4.69) is 14.9 Å². The van der Waals surface area contributed by atoms with Crippen LogP contribution in [0.5, 0.6) is 0 Å². The fourth-order valence-electron chi connectivity index (χ4n) is 2.72. The molecular formula is C14H24N4O4S. The van der Waals surface area contributed by atoms with E-state index in [1.54, 1.807) is 6.92 Å². The summed E-state index contributed by atoms with van der Waals surface area (Å²) in [6, 6.07) is 0. The summed E-state index contributed by atoms with van der Waals surface area (Å²) in [7, 11) is -3.18. The van der Waals surface area contributed by atoms with Crippen LogP contribution in [0.1, 0.15) is 37.4 Å². The summed E-state index contributed by atoms with van der Waals surface area (Å²) < 4.78 is 29.9. The molecule has 1 aromatic rings. The third-order valence-electron chi connectivity index (χ3n) is 3.86. The van der Waals surface area contributed by atoms with Gasteiger partial charge in [-0.25, -0.2) is 13.1 Å². The van der Waals surface area contributed by atoms with Crippen molar-refractivity contribution < 1.29 is 17.7 Å². The molecule has 9 heteroatoms. The fourth-order valence-corrected chi connectivity index (χ4v) is 3.26. The fraction of sp³-hybridized carbons (Fsp3) is 0.786.